The number of hydrogen-bond acceptors (Lipinski definition) is 4. The van der Waals surface area contributed by atoms with Crippen LogP contribution in [0.5, 0.6) is 0 Å². The highest BCUT2D eigenvalue weighted by Gasteiger charge is 2.23. The van der Waals surface area contributed by atoms with Crippen molar-refractivity contribution in [3.05, 3.63) is 65.6 Å². The Labute approximate surface area is 147 Å². The lowest BCUT2D eigenvalue weighted by Crippen LogP contribution is -2.17. The van der Waals surface area contributed by atoms with E-state index in [1.165, 1.54) is 11.6 Å². The van der Waals surface area contributed by atoms with Crippen molar-refractivity contribution < 1.29 is 10.0 Å². The Hall–Kier alpha value is -2.86. The molecule has 1 aromatic heterocycles. The van der Waals surface area contributed by atoms with Crippen LogP contribution in [0.25, 0.3) is 12.3 Å². The van der Waals surface area contributed by atoms with Crippen LogP contribution in [0.4, 0.5) is 0 Å². The molecule has 0 aliphatic carbocycles. The molecule has 1 aliphatic heterocycles. The summed E-state index contributed by atoms with van der Waals surface area (Å²) < 4.78 is 1.87. The Kier molecular flexibility index (Phi) is 5.30. The maximum atomic E-state index is 11.0. The minimum atomic E-state index is -0.537. The van der Waals surface area contributed by atoms with Gasteiger partial charge in [-0.2, -0.15) is 5.10 Å². The van der Waals surface area contributed by atoms with Gasteiger partial charge < -0.3 is 4.90 Å². The van der Waals surface area contributed by atoms with E-state index in [2.05, 4.69) is 28.3 Å². The van der Waals surface area contributed by atoms with Crippen LogP contribution in [-0.2, 0) is 4.79 Å². The summed E-state index contributed by atoms with van der Waals surface area (Å²) in [7, 11) is 0. The van der Waals surface area contributed by atoms with E-state index in [9.17, 15) is 4.79 Å². The molecule has 0 bridgehead atoms. The van der Waals surface area contributed by atoms with Gasteiger partial charge in [0.05, 0.1) is 6.04 Å². The predicted octanol–water partition coefficient (Wildman–Crippen LogP) is 2.98. The fraction of sp³-hybridized carbons (Fsp3) is 0.263. The van der Waals surface area contributed by atoms with E-state index < -0.39 is 5.91 Å². The summed E-state index contributed by atoms with van der Waals surface area (Å²) in [6.07, 6.45) is 11.1. The molecule has 0 radical (unpaired) electrons. The highest BCUT2D eigenvalue weighted by molar-refractivity contribution is 5.90. The number of carbonyl (C=O) groups is 1. The number of benzene rings is 1. The summed E-state index contributed by atoms with van der Waals surface area (Å²) >= 11 is 0. The second-order valence-electron chi connectivity index (χ2n) is 6.09. The third-order valence-corrected chi connectivity index (χ3v) is 4.42. The Morgan fingerprint density at radius 3 is 2.76 bits per heavy atom. The fourth-order valence-corrected chi connectivity index (χ4v) is 3.05. The van der Waals surface area contributed by atoms with Gasteiger partial charge in [-0.05, 0) is 43.0 Å². The van der Waals surface area contributed by atoms with Crippen LogP contribution in [0.1, 0.15) is 35.7 Å². The molecule has 2 aromatic rings. The smallest absolute Gasteiger partial charge is 0.267 e. The molecule has 1 aromatic carbocycles. The molecule has 25 heavy (non-hydrogen) atoms. The second-order valence-corrected chi connectivity index (χ2v) is 6.09. The third-order valence-electron chi connectivity index (χ3n) is 4.42. The summed E-state index contributed by atoms with van der Waals surface area (Å²) in [5.74, 6) is -0.537. The van der Waals surface area contributed by atoms with Gasteiger partial charge in [0.25, 0.3) is 5.91 Å². The molecule has 130 valence electrons. The molecule has 0 spiro atoms. The number of rotatable bonds is 5. The first-order valence-corrected chi connectivity index (χ1v) is 8.33. The van der Waals surface area contributed by atoms with Crippen molar-refractivity contribution in [2.75, 3.05) is 6.54 Å². The van der Waals surface area contributed by atoms with Crippen molar-refractivity contribution in [2.45, 2.75) is 25.8 Å². The van der Waals surface area contributed by atoms with Gasteiger partial charge in [-0.15, -0.1) is 0 Å². The lowest BCUT2D eigenvalue weighted by molar-refractivity contribution is -0.124. The Bertz CT molecular complexity index is 777. The average molecular weight is 338 g/mol. The summed E-state index contributed by atoms with van der Waals surface area (Å²) in [6.45, 7) is 3.06. The number of amides is 1. The molecule has 0 unspecified atom stereocenters. The van der Waals surface area contributed by atoms with Crippen molar-refractivity contribution in [1.29, 1.82) is 0 Å². The Morgan fingerprint density at radius 1 is 1.28 bits per heavy atom. The molecule has 2 heterocycles. The number of aromatic nitrogens is 2. The number of hydrogen-bond donors (Lipinski definition) is 2. The zero-order chi connectivity index (χ0) is 17.6. The van der Waals surface area contributed by atoms with Gasteiger partial charge in [0.2, 0.25) is 0 Å². The third kappa shape index (κ3) is 4.16. The first-order valence-electron chi connectivity index (χ1n) is 8.33. The lowest BCUT2D eigenvalue weighted by Gasteiger charge is -2.23. The standard InChI is InChI=1S/C19H22N4O2/c1-15-10-11-20-23(15)14-13-22-12-2-3-18(22)17-7-4-16(5-8-17)6-9-19(24)21-25/h4-11,13-14,18,25H,2-3,12H2,1H3,(H,21,24)/b9-6+,14-13+/t18-/m0/s1. The van der Waals surface area contributed by atoms with E-state index in [1.807, 2.05) is 36.0 Å². The molecular weight excluding hydrogens is 316 g/mol. The summed E-state index contributed by atoms with van der Waals surface area (Å²) in [4.78, 5) is 13.4. The summed E-state index contributed by atoms with van der Waals surface area (Å²) in [6, 6.07) is 10.5. The van der Waals surface area contributed by atoms with Gasteiger partial charge >= 0.3 is 0 Å². The Morgan fingerprint density at radius 2 is 2.08 bits per heavy atom. The minimum absolute atomic E-state index is 0.353. The number of nitrogens with one attached hydrogen (secondary N) is 1. The maximum Gasteiger partial charge on any atom is 0.267 e. The van der Waals surface area contributed by atoms with Crippen LogP contribution in [0.3, 0.4) is 0 Å². The van der Waals surface area contributed by atoms with Crippen LogP contribution in [0.2, 0.25) is 0 Å². The number of aryl methyl sites for hydroxylation is 1. The normalized spacial score (nSPS) is 17.7. The maximum absolute atomic E-state index is 11.0. The molecular formula is C19H22N4O2. The summed E-state index contributed by atoms with van der Waals surface area (Å²) in [5.41, 5.74) is 4.86. The average Bonchev–Trinajstić information content (AvgIpc) is 3.27. The molecule has 1 aliphatic rings. The highest BCUT2D eigenvalue weighted by Crippen LogP contribution is 2.32. The van der Waals surface area contributed by atoms with Crippen LogP contribution < -0.4 is 5.48 Å². The van der Waals surface area contributed by atoms with Crippen LogP contribution in [0, 0.1) is 6.92 Å². The molecule has 2 N–H and O–H groups in total. The molecule has 1 atom stereocenters. The molecule has 1 fully saturated rings. The molecule has 1 amide bonds. The van der Waals surface area contributed by atoms with Crippen molar-refractivity contribution in [2.24, 2.45) is 0 Å². The van der Waals surface area contributed by atoms with Gasteiger partial charge in [0.15, 0.2) is 0 Å². The van der Waals surface area contributed by atoms with E-state index in [4.69, 9.17) is 5.21 Å². The number of carbonyl (C=O) groups excluding carboxylic acids is 1. The molecule has 3 rings (SSSR count). The monoisotopic (exact) mass is 338 g/mol. The SMILES string of the molecule is Cc1ccnn1/C=C/N1CCC[C@H]1c1ccc(/C=C/C(=O)NO)cc1. The molecule has 6 nitrogen and oxygen atoms in total. The highest BCUT2D eigenvalue weighted by atomic mass is 16.5. The van der Waals surface area contributed by atoms with E-state index in [-0.39, 0.29) is 0 Å². The van der Waals surface area contributed by atoms with Gasteiger partial charge in [0.1, 0.15) is 0 Å². The number of nitrogens with zero attached hydrogens (tertiary/aromatic N) is 3. The van der Waals surface area contributed by atoms with E-state index >= 15 is 0 Å². The van der Waals surface area contributed by atoms with Crippen LogP contribution in [-0.4, -0.2) is 32.3 Å². The minimum Gasteiger partial charge on any atom is -0.369 e. The number of hydroxylamine groups is 1. The lowest BCUT2D eigenvalue weighted by atomic mass is 10.0. The predicted molar refractivity (Wildman–Crippen MR) is 96.4 cm³/mol. The zero-order valence-electron chi connectivity index (χ0n) is 14.2. The fourth-order valence-electron chi connectivity index (χ4n) is 3.05. The number of likely N-dealkylation sites (tertiary alicyclic amines) is 1. The second kappa shape index (κ2) is 7.81. The van der Waals surface area contributed by atoms with Crippen molar-refractivity contribution >= 4 is 18.2 Å². The quantitative estimate of drug-likeness (QED) is 0.499. The van der Waals surface area contributed by atoms with E-state index in [0.29, 0.717) is 6.04 Å². The van der Waals surface area contributed by atoms with Crippen molar-refractivity contribution in [3.8, 4) is 0 Å². The first-order chi connectivity index (χ1) is 12.2. The summed E-state index contributed by atoms with van der Waals surface area (Å²) in [5, 5.41) is 12.8. The van der Waals surface area contributed by atoms with Crippen molar-refractivity contribution in [3.63, 3.8) is 0 Å². The largest absolute Gasteiger partial charge is 0.369 e. The van der Waals surface area contributed by atoms with Crippen molar-refractivity contribution in [1.82, 2.24) is 20.2 Å². The van der Waals surface area contributed by atoms with Gasteiger partial charge in [-0.1, -0.05) is 24.3 Å². The topological polar surface area (TPSA) is 70.4 Å². The Balaban J connectivity index is 1.70. The zero-order valence-corrected chi connectivity index (χ0v) is 14.2. The molecule has 6 heteroatoms. The van der Waals surface area contributed by atoms with Gasteiger partial charge in [-0.25, -0.2) is 10.2 Å². The van der Waals surface area contributed by atoms with Gasteiger partial charge in [-0.3, -0.25) is 10.0 Å². The van der Waals surface area contributed by atoms with E-state index in [0.717, 1.165) is 30.6 Å². The van der Waals surface area contributed by atoms with E-state index in [1.54, 1.807) is 17.8 Å². The van der Waals surface area contributed by atoms with Crippen LogP contribution in [0.15, 0.2) is 48.8 Å². The molecule has 1 saturated heterocycles. The van der Waals surface area contributed by atoms with Crippen LogP contribution >= 0.6 is 0 Å². The molecule has 0 saturated carbocycles. The van der Waals surface area contributed by atoms with Gasteiger partial charge in [0, 0.05) is 36.9 Å². The first kappa shape index (κ1) is 17.0.